The largest absolute Gasteiger partial charge is 2.00 e. The third kappa shape index (κ3) is 48.5. The zero-order chi connectivity index (χ0) is 25.3. The van der Waals surface area contributed by atoms with Crippen LogP contribution in [0.15, 0.2) is 0 Å². The molecule has 0 N–H and O–H groups in total. The van der Waals surface area contributed by atoms with Crippen molar-refractivity contribution in [2.75, 3.05) is 37.0 Å². The number of nitriles is 6. The molecule has 176 valence electrons. The average Bonchev–Trinajstić information content (AvgIpc) is 2.79. The molecule has 0 amide bonds. The van der Waals surface area contributed by atoms with Crippen LogP contribution in [0.4, 0.5) is 0 Å². The summed E-state index contributed by atoms with van der Waals surface area (Å²) in [6, 6.07) is 12.7. The van der Waals surface area contributed by atoms with Crippen molar-refractivity contribution < 1.29 is 16.5 Å². The fourth-order valence-electron chi connectivity index (χ4n) is 2.15. The first-order valence-electron chi connectivity index (χ1n) is 9.44. The molecule has 0 spiro atoms. The van der Waals surface area contributed by atoms with E-state index < -0.39 is 15.8 Å². The minimum absolute atomic E-state index is 0. The molecule has 0 heterocycles. The van der Waals surface area contributed by atoms with Gasteiger partial charge in [0.25, 0.3) is 0 Å². The molecule has 0 aliphatic rings. The van der Waals surface area contributed by atoms with Crippen molar-refractivity contribution in [3.63, 3.8) is 0 Å². The first-order chi connectivity index (χ1) is 15.5. The number of hydrogen-bond donors (Lipinski definition) is 0. The van der Waals surface area contributed by atoms with Crippen molar-refractivity contribution >= 4 is 50.6 Å². The summed E-state index contributed by atoms with van der Waals surface area (Å²) in [5, 5.41) is 67.3. The molecule has 0 aromatic heterocycles. The summed E-state index contributed by atoms with van der Waals surface area (Å²) in [7, 11) is -1.20. The standard InChI is InChI=1S/2C9H12N3P.2CNS.Ni/c2*10-4-1-7-13(8-2-5-11)9-3-6-12;2*2-1-3;/h2*1-3,7-9H2;;;/q;;2*-1;+2/p+2. The molecule has 0 aromatic rings. The molecule has 0 atom stereocenters. The summed E-state index contributed by atoms with van der Waals surface area (Å²) in [6.07, 6.45) is 8.97. The molecule has 0 rings (SSSR count). The molecule has 0 aliphatic heterocycles. The number of hydrogen-bond acceptors (Lipinski definition) is 8. The van der Waals surface area contributed by atoms with Gasteiger partial charge in [-0.25, -0.2) is 0 Å². The average molecular weight is 563 g/mol. The van der Waals surface area contributed by atoms with E-state index in [0.717, 1.165) is 37.0 Å². The van der Waals surface area contributed by atoms with Crippen molar-refractivity contribution in [2.45, 2.75) is 38.5 Å². The van der Waals surface area contributed by atoms with Crippen LogP contribution >= 0.6 is 40.3 Å². The maximum absolute atomic E-state index is 8.40. The van der Waals surface area contributed by atoms with Gasteiger partial charge in [-0.2, -0.15) is 41.9 Å². The smallest absolute Gasteiger partial charge is 0.753 e. The van der Waals surface area contributed by atoms with Gasteiger partial charge in [-0.05, 0) is 0 Å². The number of thiocarbonyl (C=S) groups is 2. The number of isothiocyanates is 2. The van der Waals surface area contributed by atoms with Crippen LogP contribution in [0.5, 0.6) is 0 Å². The van der Waals surface area contributed by atoms with E-state index >= 15 is 0 Å². The van der Waals surface area contributed by atoms with Crippen LogP contribution in [0.25, 0.3) is 10.8 Å². The van der Waals surface area contributed by atoms with Crippen LogP contribution in [0.2, 0.25) is 0 Å². The summed E-state index contributed by atoms with van der Waals surface area (Å²) in [5.41, 5.74) is 0. The monoisotopic (exact) mass is 562 g/mol. The molecular formula is C20H26N8NiP2S2+2. The molecule has 13 heteroatoms. The van der Waals surface area contributed by atoms with Gasteiger partial charge in [0, 0.05) is 15.8 Å². The Morgan fingerprint density at radius 3 is 0.667 bits per heavy atom. The second kappa shape index (κ2) is 43.7. The van der Waals surface area contributed by atoms with Crippen LogP contribution in [0.3, 0.4) is 0 Å². The predicted octanol–water partition coefficient (Wildman–Crippen LogP) is 5.20. The Balaban J connectivity index is -0.000000124. The normalized spacial score (nSPS) is 7.39. The van der Waals surface area contributed by atoms with Gasteiger partial charge in [0.05, 0.1) is 112 Å². The Bertz CT molecular complexity index is 621. The molecule has 0 unspecified atom stereocenters. The molecular weight excluding hydrogens is 537 g/mol. The van der Waals surface area contributed by atoms with Gasteiger partial charge in [0.15, 0.2) is 0 Å². The summed E-state index contributed by atoms with van der Waals surface area (Å²) < 4.78 is 0. The fourth-order valence-corrected chi connectivity index (χ4v) is 6.44. The van der Waals surface area contributed by atoms with E-state index in [1.54, 1.807) is 0 Å². The van der Waals surface area contributed by atoms with Crippen molar-refractivity contribution in [3.05, 3.63) is 10.8 Å². The van der Waals surface area contributed by atoms with E-state index in [2.05, 4.69) is 60.9 Å². The molecule has 33 heavy (non-hydrogen) atoms. The molecule has 0 radical (unpaired) electrons. The Hall–Kier alpha value is -2.11. The van der Waals surface area contributed by atoms with Crippen molar-refractivity contribution in [1.29, 1.82) is 31.6 Å². The van der Waals surface area contributed by atoms with Gasteiger partial charge in [0.2, 0.25) is 0 Å². The van der Waals surface area contributed by atoms with Crippen LogP contribution in [-0.2, 0) is 16.5 Å². The zero-order valence-electron chi connectivity index (χ0n) is 18.2. The third-order valence-electron chi connectivity index (χ3n) is 3.54. The summed E-state index contributed by atoms with van der Waals surface area (Å²) in [5.74, 6) is 0. The second-order valence-electron chi connectivity index (χ2n) is 5.63. The van der Waals surface area contributed by atoms with E-state index in [-0.39, 0.29) is 16.5 Å². The minimum atomic E-state index is -0.600. The minimum Gasteiger partial charge on any atom is -0.753 e. The summed E-state index contributed by atoms with van der Waals surface area (Å²) in [6.45, 7) is 0. The zero-order valence-corrected chi connectivity index (χ0v) is 22.8. The number of nitrogens with zero attached hydrogens (tertiary/aromatic N) is 8. The molecule has 0 saturated heterocycles. The maximum Gasteiger partial charge on any atom is 2.00 e. The van der Waals surface area contributed by atoms with Gasteiger partial charge in [-0.3, -0.25) is 0 Å². The first kappa shape index (κ1) is 41.2. The molecule has 8 nitrogen and oxygen atoms in total. The van der Waals surface area contributed by atoms with Gasteiger partial charge >= 0.3 is 16.5 Å². The second-order valence-corrected chi connectivity index (χ2v) is 12.0. The molecule has 0 bridgehead atoms. The Kier molecular flexibility index (Phi) is 54.5. The summed E-state index contributed by atoms with van der Waals surface area (Å²) >= 11 is 7.40. The van der Waals surface area contributed by atoms with Gasteiger partial charge in [-0.15, -0.1) is 0 Å². The maximum atomic E-state index is 8.40. The van der Waals surface area contributed by atoms with Crippen molar-refractivity contribution in [1.82, 2.24) is 0 Å². The van der Waals surface area contributed by atoms with Crippen LogP contribution in [0, 0.1) is 68.0 Å². The quantitative estimate of drug-likeness (QED) is 0.134. The Morgan fingerprint density at radius 2 is 0.576 bits per heavy atom. The van der Waals surface area contributed by atoms with E-state index in [1.807, 2.05) is 0 Å². The fraction of sp³-hybridized carbons (Fsp3) is 0.600. The summed E-state index contributed by atoms with van der Waals surface area (Å²) in [4.78, 5) is 0. The predicted molar refractivity (Wildman–Crippen MR) is 139 cm³/mol. The van der Waals surface area contributed by atoms with Crippen LogP contribution < -0.4 is 0 Å². The van der Waals surface area contributed by atoms with E-state index in [1.165, 1.54) is 10.3 Å². The SMILES string of the molecule is N#CCC[PH+](CCC#N)CCC#N.N#CCC[PH+](CCC#N)CCC#N.[N-]=C=S.[N-]=C=S.[Ni+2]. The van der Waals surface area contributed by atoms with Gasteiger partial charge in [-0.1, -0.05) is 24.4 Å². The first-order valence-corrected chi connectivity index (χ1v) is 14.5. The Labute approximate surface area is 220 Å². The third-order valence-corrected chi connectivity index (χ3v) is 9.28. The van der Waals surface area contributed by atoms with E-state index in [4.69, 9.17) is 42.4 Å². The topological polar surface area (TPSA) is 187 Å². The van der Waals surface area contributed by atoms with E-state index in [0.29, 0.717) is 38.5 Å². The van der Waals surface area contributed by atoms with Crippen LogP contribution in [-0.4, -0.2) is 47.3 Å². The van der Waals surface area contributed by atoms with Crippen molar-refractivity contribution in [3.8, 4) is 36.4 Å². The van der Waals surface area contributed by atoms with E-state index in [9.17, 15) is 0 Å². The molecule has 0 fully saturated rings. The molecule has 0 aromatic carbocycles. The number of rotatable bonds is 12. The van der Waals surface area contributed by atoms with Gasteiger partial charge in [0.1, 0.15) is 0 Å². The molecule has 0 saturated carbocycles. The van der Waals surface area contributed by atoms with Gasteiger partial charge < -0.3 is 10.8 Å². The molecule has 0 aliphatic carbocycles. The Morgan fingerprint density at radius 1 is 0.455 bits per heavy atom. The van der Waals surface area contributed by atoms with Crippen LogP contribution in [0.1, 0.15) is 38.5 Å². The van der Waals surface area contributed by atoms with Crippen molar-refractivity contribution in [2.24, 2.45) is 0 Å².